The molecule has 3 heteroatoms. The zero-order chi connectivity index (χ0) is 7.71. The van der Waals surface area contributed by atoms with Gasteiger partial charge in [0.2, 0.25) is 0 Å². The topological polar surface area (TPSA) is 14.1 Å². The third kappa shape index (κ3) is 8.39. The molecule has 0 saturated carbocycles. The second-order valence-corrected chi connectivity index (χ2v) is 14.0. The number of rotatable bonds is 2. The Bertz CT molecular complexity index is 80.9. The van der Waals surface area contributed by atoms with Gasteiger partial charge in [0.15, 0.2) is 0 Å². The Labute approximate surface area is 62.5 Å². The van der Waals surface area contributed by atoms with E-state index in [1.54, 1.807) is 0 Å². The smallest absolute Gasteiger partial charge is 0.668 e. The Morgan fingerprint density at radius 1 is 0.778 bits per heavy atom. The second kappa shape index (κ2) is 2.56. The standard InChI is InChI=1S/C6H18NSi2/c1-8(2,3)7-9(4,5)6/h1-6H3/q-1/p+1. The Hall–Kier alpha value is 0.394. The van der Waals surface area contributed by atoms with Gasteiger partial charge in [-0.1, -0.05) is 55.8 Å². The Morgan fingerprint density at radius 2 is 1.00 bits per heavy atom. The summed E-state index contributed by atoms with van der Waals surface area (Å²) in [6.07, 6.45) is 0. The summed E-state index contributed by atoms with van der Waals surface area (Å²) in [6.45, 7) is 13.8. The van der Waals surface area contributed by atoms with Crippen LogP contribution in [-0.2, 0) is 0 Å². The average Bonchev–Trinajstić information content (AvgIpc) is 1.14. The summed E-state index contributed by atoms with van der Waals surface area (Å²) in [7, 11) is -2.21. The van der Waals surface area contributed by atoms with Crippen LogP contribution >= 0.6 is 0 Å². The highest BCUT2D eigenvalue weighted by molar-refractivity contribution is 7.00. The van der Waals surface area contributed by atoms with Gasteiger partial charge >= 0.3 is 1.43 Å². The van der Waals surface area contributed by atoms with Crippen molar-refractivity contribution in [1.29, 1.82) is 0 Å². The van der Waals surface area contributed by atoms with E-state index in [2.05, 4.69) is 39.3 Å². The molecule has 0 heterocycles. The van der Waals surface area contributed by atoms with Crippen LogP contribution in [0.25, 0.3) is 4.65 Å². The molecule has 56 valence electrons. The molecular formula is C6H19NSi2. The summed E-state index contributed by atoms with van der Waals surface area (Å²) >= 11 is 0. The van der Waals surface area contributed by atoms with Crippen LogP contribution < -0.4 is 0 Å². The molecule has 0 saturated heterocycles. The minimum atomic E-state index is -1.11. The average molecular weight is 161 g/mol. The molecule has 0 atom stereocenters. The molecule has 0 fully saturated rings. The molecule has 0 aromatic rings. The van der Waals surface area contributed by atoms with Gasteiger partial charge in [0.25, 0.3) is 0 Å². The van der Waals surface area contributed by atoms with Crippen LogP contribution in [-0.4, -0.2) is 16.5 Å². The monoisotopic (exact) mass is 161 g/mol. The van der Waals surface area contributed by atoms with E-state index in [9.17, 15) is 0 Å². The van der Waals surface area contributed by atoms with Gasteiger partial charge in [-0.15, -0.1) is 0 Å². The summed E-state index contributed by atoms with van der Waals surface area (Å²) in [4.78, 5) is 0. The lowest BCUT2D eigenvalue weighted by atomic mass is 11.8. The molecule has 0 amide bonds. The van der Waals surface area contributed by atoms with Gasteiger partial charge in [0.1, 0.15) is 0 Å². The molecule has 0 aromatic carbocycles. The maximum atomic E-state index is 4.82. The third-order valence-corrected chi connectivity index (χ3v) is 6.04. The van der Waals surface area contributed by atoms with Crippen LogP contribution in [0.15, 0.2) is 0 Å². The van der Waals surface area contributed by atoms with Gasteiger partial charge in [0.05, 0.1) is 0 Å². The fourth-order valence-electron chi connectivity index (χ4n) is 1.01. The lowest BCUT2D eigenvalue weighted by molar-refractivity contribution is 1.67. The van der Waals surface area contributed by atoms with Crippen molar-refractivity contribution in [3.8, 4) is 0 Å². The Balaban J connectivity index is 0. The minimum Gasteiger partial charge on any atom is -0.668 e. The summed E-state index contributed by atoms with van der Waals surface area (Å²) in [5.74, 6) is 0. The van der Waals surface area contributed by atoms with Crippen molar-refractivity contribution in [3.63, 3.8) is 0 Å². The fraction of sp³-hybridized carbons (Fsp3) is 1.00. The van der Waals surface area contributed by atoms with E-state index >= 15 is 0 Å². The molecule has 1 nitrogen and oxygen atoms in total. The molecule has 0 aliphatic rings. The molecule has 0 bridgehead atoms. The molecule has 0 N–H and O–H groups in total. The number of hydrogen-bond acceptors (Lipinski definition) is 0. The highest BCUT2D eigenvalue weighted by atomic mass is 28.4. The molecule has 0 rings (SSSR count). The normalized spacial score (nSPS) is 14.0. The van der Waals surface area contributed by atoms with Gasteiger partial charge in [0, 0.05) is 0 Å². The van der Waals surface area contributed by atoms with Crippen LogP contribution in [0.3, 0.4) is 0 Å². The molecule has 0 spiro atoms. The third-order valence-electron chi connectivity index (χ3n) is 0.671. The van der Waals surface area contributed by atoms with Crippen molar-refractivity contribution in [2.45, 2.75) is 39.3 Å². The van der Waals surface area contributed by atoms with Crippen molar-refractivity contribution in [2.24, 2.45) is 0 Å². The van der Waals surface area contributed by atoms with E-state index in [0.717, 1.165) is 0 Å². The number of nitrogens with zero attached hydrogens (tertiary/aromatic N) is 1. The van der Waals surface area contributed by atoms with Gasteiger partial charge in [-0.25, -0.2) is 0 Å². The molecule has 0 radical (unpaired) electrons. The first-order valence-electron chi connectivity index (χ1n) is 3.45. The lowest BCUT2D eigenvalue weighted by Gasteiger charge is -2.45. The van der Waals surface area contributed by atoms with Crippen LogP contribution in [0.5, 0.6) is 0 Å². The summed E-state index contributed by atoms with van der Waals surface area (Å²) in [5, 5.41) is 0. The predicted octanol–water partition coefficient (Wildman–Crippen LogP) is 3.14. The predicted molar refractivity (Wildman–Crippen MR) is 51.2 cm³/mol. The number of hydrogen-bond donors (Lipinski definition) is 0. The highest BCUT2D eigenvalue weighted by Crippen LogP contribution is 2.19. The van der Waals surface area contributed by atoms with Crippen molar-refractivity contribution in [1.82, 2.24) is 0 Å². The van der Waals surface area contributed by atoms with E-state index < -0.39 is 16.5 Å². The first-order chi connectivity index (χ1) is 3.71. The van der Waals surface area contributed by atoms with Crippen molar-refractivity contribution >= 4 is 16.5 Å². The zero-order valence-corrected chi connectivity index (χ0v) is 9.45. The molecule has 0 aliphatic heterocycles. The summed E-state index contributed by atoms with van der Waals surface area (Å²) in [6, 6.07) is 0. The van der Waals surface area contributed by atoms with Gasteiger partial charge in [-0.05, 0) is 0 Å². The largest absolute Gasteiger partial charge is 1.00 e. The molecule has 0 aromatic heterocycles. The van der Waals surface area contributed by atoms with Crippen molar-refractivity contribution in [2.75, 3.05) is 0 Å². The first kappa shape index (κ1) is 9.39. The van der Waals surface area contributed by atoms with Crippen LogP contribution in [0, 0.1) is 0 Å². The van der Waals surface area contributed by atoms with E-state index in [-0.39, 0.29) is 1.43 Å². The lowest BCUT2D eigenvalue weighted by Crippen LogP contribution is -2.32. The maximum Gasteiger partial charge on any atom is 1.00 e. The summed E-state index contributed by atoms with van der Waals surface area (Å²) in [5.41, 5.74) is 0. The maximum absolute atomic E-state index is 4.82. The van der Waals surface area contributed by atoms with Crippen LogP contribution in [0.4, 0.5) is 0 Å². The van der Waals surface area contributed by atoms with E-state index in [4.69, 9.17) is 4.65 Å². The minimum absolute atomic E-state index is 0. The highest BCUT2D eigenvalue weighted by Gasteiger charge is 2.07. The van der Waals surface area contributed by atoms with Gasteiger partial charge in [-0.2, -0.15) is 0 Å². The van der Waals surface area contributed by atoms with Gasteiger partial charge in [-0.3, -0.25) is 0 Å². The molecular weight excluding hydrogens is 142 g/mol. The SMILES string of the molecule is C[Si](C)(C)[N-][Si](C)(C)C.[H+]. The fourth-order valence-corrected chi connectivity index (χ4v) is 9.06. The molecule has 0 aliphatic carbocycles. The Morgan fingerprint density at radius 3 is 1.00 bits per heavy atom. The second-order valence-electron chi connectivity index (χ2n) is 4.45. The first-order valence-corrected chi connectivity index (χ1v) is 10.3. The molecule has 9 heavy (non-hydrogen) atoms. The van der Waals surface area contributed by atoms with E-state index in [1.807, 2.05) is 0 Å². The molecule has 0 unspecified atom stereocenters. The van der Waals surface area contributed by atoms with Crippen LogP contribution in [0.2, 0.25) is 39.3 Å². The van der Waals surface area contributed by atoms with Gasteiger partial charge < -0.3 is 4.65 Å². The van der Waals surface area contributed by atoms with Crippen LogP contribution in [0.1, 0.15) is 1.43 Å². The quantitative estimate of drug-likeness (QED) is 0.553. The van der Waals surface area contributed by atoms with E-state index in [0.29, 0.717) is 0 Å². The van der Waals surface area contributed by atoms with E-state index in [1.165, 1.54) is 0 Å². The van der Waals surface area contributed by atoms with Crippen molar-refractivity contribution in [3.05, 3.63) is 4.65 Å². The Kier molecular flexibility index (Phi) is 2.67. The zero-order valence-electron chi connectivity index (χ0n) is 8.45. The summed E-state index contributed by atoms with van der Waals surface area (Å²) < 4.78 is 4.82. The van der Waals surface area contributed by atoms with Crippen molar-refractivity contribution < 1.29 is 1.43 Å².